The Morgan fingerprint density at radius 1 is 0.739 bits per heavy atom. The zero-order valence-electron chi connectivity index (χ0n) is 16.1. The summed E-state index contributed by atoms with van der Waals surface area (Å²) in [6, 6.07) is 0. The number of ether oxygens (including phenoxy) is 4. The van der Waals surface area contributed by atoms with Gasteiger partial charge in [-0.05, 0) is 37.0 Å². The van der Waals surface area contributed by atoms with Crippen molar-refractivity contribution in [3.63, 3.8) is 0 Å². The zero-order chi connectivity index (χ0) is 17.3. The summed E-state index contributed by atoms with van der Waals surface area (Å²) in [5, 5.41) is 0. The van der Waals surface area contributed by atoms with Crippen molar-refractivity contribution in [2.45, 2.75) is 78.7 Å². The first-order valence-corrected chi connectivity index (χ1v) is 9.18. The fourth-order valence-electron chi connectivity index (χ4n) is 4.54. The van der Waals surface area contributed by atoms with Gasteiger partial charge >= 0.3 is 0 Å². The lowest BCUT2D eigenvalue weighted by Crippen LogP contribution is -2.53. The van der Waals surface area contributed by atoms with Gasteiger partial charge in [-0.25, -0.2) is 0 Å². The molecular weight excluding hydrogens is 292 g/mol. The van der Waals surface area contributed by atoms with Crippen molar-refractivity contribution in [1.29, 1.82) is 0 Å². The lowest BCUT2D eigenvalue weighted by atomic mass is 9.72. The monoisotopic (exact) mass is 328 g/mol. The van der Waals surface area contributed by atoms with Crippen molar-refractivity contribution in [3.05, 3.63) is 0 Å². The van der Waals surface area contributed by atoms with Crippen molar-refractivity contribution in [1.82, 2.24) is 0 Å². The molecule has 2 fully saturated rings. The quantitative estimate of drug-likeness (QED) is 0.788. The molecule has 1 saturated heterocycles. The molecule has 0 bridgehead atoms. The highest BCUT2D eigenvalue weighted by Crippen LogP contribution is 2.40. The van der Waals surface area contributed by atoms with Crippen molar-refractivity contribution >= 4 is 0 Å². The van der Waals surface area contributed by atoms with Crippen LogP contribution < -0.4 is 0 Å². The minimum Gasteiger partial charge on any atom is -0.381 e. The molecule has 0 aromatic heterocycles. The predicted octanol–water partition coefficient (Wildman–Crippen LogP) is 3.73. The first kappa shape index (κ1) is 19.2. The van der Waals surface area contributed by atoms with E-state index in [-0.39, 0.29) is 24.6 Å². The van der Waals surface area contributed by atoms with Gasteiger partial charge in [0.25, 0.3) is 0 Å². The summed E-state index contributed by atoms with van der Waals surface area (Å²) in [5.41, 5.74) is 0. The summed E-state index contributed by atoms with van der Waals surface area (Å²) in [5.74, 6) is 2.19. The van der Waals surface area contributed by atoms with Crippen LogP contribution in [-0.2, 0) is 18.9 Å². The molecule has 1 heterocycles. The Bertz CT molecular complexity index is 374. The molecule has 1 saturated carbocycles. The van der Waals surface area contributed by atoms with Gasteiger partial charge in [0.1, 0.15) is 0 Å². The van der Waals surface area contributed by atoms with E-state index in [9.17, 15) is 0 Å². The van der Waals surface area contributed by atoms with Crippen molar-refractivity contribution in [2.75, 3.05) is 14.2 Å². The van der Waals surface area contributed by atoms with Gasteiger partial charge < -0.3 is 18.9 Å². The number of hydrogen-bond acceptors (Lipinski definition) is 4. The van der Waals surface area contributed by atoms with Crippen LogP contribution in [0.25, 0.3) is 0 Å². The van der Waals surface area contributed by atoms with Gasteiger partial charge in [0.05, 0.1) is 24.4 Å². The van der Waals surface area contributed by atoms with E-state index in [1.807, 2.05) is 7.11 Å². The van der Waals surface area contributed by atoms with E-state index in [2.05, 4.69) is 41.5 Å². The van der Waals surface area contributed by atoms with E-state index in [0.717, 1.165) is 6.42 Å². The van der Waals surface area contributed by atoms with Gasteiger partial charge in [-0.1, -0.05) is 34.6 Å². The molecule has 23 heavy (non-hydrogen) atoms. The Labute approximate surface area is 142 Å². The molecule has 0 aromatic rings. The summed E-state index contributed by atoms with van der Waals surface area (Å²) < 4.78 is 24.0. The van der Waals surface area contributed by atoms with Crippen LogP contribution in [0.2, 0.25) is 0 Å². The lowest BCUT2D eigenvalue weighted by molar-refractivity contribution is -0.293. The zero-order valence-corrected chi connectivity index (χ0v) is 16.1. The summed E-state index contributed by atoms with van der Waals surface area (Å²) in [4.78, 5) is 0. The molecule has 136 valence electrons. The van der Waals surface area contributed by atoms with Crippen LogP contribution in [0, 0.1) is 29.6 Å². The van der Waals surface area contributed by atoms with Gasteiger partial charge in [0.15, 0.2) is 6.29 Å². The topological polar surface area (TPSA) is 36.9 Å². The molecule has 0 amide bonds. The third-order valence-corrected chi connectivity index (χ3v) is 6.55. The van der Waals surface area contributed by atoms with Crippen LogP contribution in [0.15, 0.2) is 0 Å². The second kappa shape index (κ2) is 7.81. The molecular formula is C19H36O4. The van der Waals surface area contributed by atoms with Crippen LogP contribution in [0.3, 0.4) is 0 Å². The molecule has 0 spiro atoms. The second-order valence-electron chi connectivity index (χ2n) is 7.93. The predicted molar refractivity (Wildman–Crippen MR) is 91.2 cm³/mol. The van der Waals surface area contributed by atoms with Crippen LogP contribution in [0.5, 0.6) is 0 Å². The Hall–Kier alpha value is -0.160. The highest BCUT2D eigenvalue weighted by Gasteiger charge is 2.45. The third kappa shape index (κ3) is 3.76. The van der Waals surface area contributed by atoms with Crippen LogP contribution in [0.1, 0.15) is 48.0 Å². The number of rotatable bonds is 4. The van der Waals surface area contributed by atoms with E-state index in [4.69, 9.17) is 18.9 Å². The SMILES string of the molecule is CO[C@@H]1C(C)O[C@@H](O[C@H]2C(C)C(C)[C@H](OC)C[C@H]2C)C(C)[C@H]1C. The first-order chi connectivity index (χ1) is 10.8. The highest BCUT2D eigenvalue weighted by atomic mass is 16.7. The molecule has 1 aliphatic carbocycles. The fraction of sp³-hybridized carbons (Fsp3) is 1.00. The fourth-order valence-corrected chi connectivity index (χ4v) is 4.54. The molecule has 1 aliphatic heterocycles. The van der Waals surface area contributed by atoms with E-state index in [1.54, 1.807) is 7.11 Å². The van der Waals surface area contributed by atoms with E-state index >= 15 is 0 Å². The van der Waals surface area contributed by atoms with Gasteiger partial charge in [-0.15, -0.1) is 0 Å². The molecule has 4 unspecified atom stereocenters. The first-order valence-electron chi connectivity index (χ1n) is 9.18. The van der Waals surface area contributed by atoms with Crippen molar-refractivity contribution in [3.8, 4) is 0 Å². The van der Waals surface area contributed by atoms with Crippen molar-refractivity contribution < 1.29 is 18.9 Å². The minimum absolute atomic E-state index is 0.0644. The summed E-state index contributed by atoms with van der Waals surface area (Å²) in [6.07, 6.45) is 1.67. The van der Waals surface area contributed by atoms with E-state index < -0.39 is 0 Å². The highest BCUT2D eigenvalue weighted by molar-refractivity contribution is 4.90. The largest absolute Gasteiger partial charge is 0.381 e. The van der Waals surface area contributed by atoms with Crippen molar-refractivity contribution in [2.24, 2.45) is 29.6 Å². The molecule has 2 aliphatic rings. The van der Waals surface area contributed by atoms with Crippen LogP contribution >= 0.6 is 0 Å². The molecule has 2 rings (SSSR count). The summed E-state index contributed by atoms with van der Waals surface area (Å²) in [7, 11) is 3.59. The minimum atomic E-state index is -0.146. The Balaban J connectivity index is 2.06. The average Bonchev–Trinajstić information content (AvgIpc) is 2.52. The molecule has 0 N–H and O–H groups in total. The summed E-state index contributed by atoms with van der Waals surface area (Å²) in [6.45, 7) is 13.4. The standard InChI is InChI=1S/C19H36O4/c1-10-9-16(20-7)11(2)12(3)17(10)23-19-14(5)13(4)18(21-8)15(6)22-19/h10-19H,9H2,1-8H3/t10-,11?,12?,13-,14?,15?,16-,17-,18+,19+/m1/s1. The molecule has 4 heteroatoms. The van der Waals surface area contributed by atoms with Gasteiger partial charge in [-0.2, -0.15) is 0 Å². The van der Waals surface area contributed by atoms with Crippen LogP contribution in [0.4, 0.5) is 0 Å². The normalized spacial score (nSPS) is 51.7. The maximum atomic E-state index is 6.53. The summed E-state index contributed by atoms with van der Waals surface area (Å²) >= 11 is 0. The van der Waals surface area contributed by atoms with Gasteiger partial charge in [0.2, 0.25) is 0 Å². The Morgan fingerprint density at radius 3 is 1.91 bits per heavy atom. The maximum absolute atomic E-state index is 6.53. The van der Waals surface area contributed by atoms with Gasteiger partial charge in [-0.3, -0.25) is 0 Å². The Morgan fingerprint density at radius 2 is 1.35 bits per heavy atom. The van der Waals surface area contributed by atoms with E-state index in [1.165, 1.54) is 0 Å². The smallest absolute Gasteiger partial charge is 0.161 e. The van der Waals surface area contributed by atoms with E-state index in [0.29, 0.717) is 35.7 Å². The second-order valence-corrected chi connectivity index (χ2v) is 7.93. The third-order valence-electron chi connectivity index (χ3n) is 6.55. The Kier molecular flexibility index (Phi) is 6.51. The van der Waals surface area contributed by atoms with Gasteiger partial charge in [0, 0.05) is 20.1 Å². The molecule has 0 aromatic carbocycles. The number of methoxy groups -OCH3 is 2. The maximum Gasteiger partial charge on any atom is 0.161 e. The molecule has 0 radical (unpaired) electrons. The molecule has 4 nitrogen and oxygen atoms in total. The lowest BCUT2D eigenvalue weighted by Gasteiger charge is -2.48. The van der Waals surface area contributed by atoms with Crippen LogP contribution in [-0.4, -0.2) is 44.9 Å². The molecule has 10 atom stereocenters. The number of hydrogen-bond donors (Lipinski definition) is 0. The average molecular weight is 328 g/mol.